The zero-order valence-electron chi connectivity index (χ0n) is 23.0. The van der Waals surface area contributed by atoms with Crippen LogP contribution in [0.4, 0.5) is 13.2 Å². The Morgan fingerprint density at radius 2 is 1.86 bits per heavy atom. The lowest BCUT2D eigenvalue weighted by Gasteiger charge is -2.39. The lowest BCUT2D eigenvalue weighted by atomic mass is 9.87. The molecule has 0 aliphatic carbocycles. The van der Waals surface area contributed by atoms with Gasteiger partial charge in [0, 0.05) is 75.6 Å². The fraction of sp³-hybridized carbons (Fsp3) is 0.517. The molecule has 0 aromatic heterocycles. The zero-order valence-corrected chi connectivity index (χ0v) is 24.6. The summed E-state index contributed by atoms with van der Waals surface area (Å²) in [7, 11) is 0. The average Bonchev–Trinajstić information content (AvgIpc) is 3.58. The predicted molar refractivity (Wildman–Crippen MR) is 150 cm³/mol. The van der Waals surface area contributed by atoms with Crippen molar-refractivity contribution >= 4 is 35.1 Å². The number of aliphatic hydroxyl groups is 2. The van der Waals surface area contributed by atoms with E-state index in [4.69, 9.17) is 32.7 Å². The molecule has 0 radical (unpaired) electrons. The van der Waals surface area contributed by atoms with Gasteiger partial charge in [0.25, 0.3) is 5.91 Å². The monoisotopic (exact) mass is 646 g/mol. The minimum absolute atomic E-state index is 0.0689. The van der Waals surface area contributed by atoms with Gasteiger partial charge in [-0.2, -0.15) is 13.2 Å². The number of β-amino-alcohol motifs (C(OH)–C–C–N with tert-alkyl or cyclic N) is 1. The van der Waals surface area contributed by atoms with Crippen LogP contribution in [0.5, 0.6) is 17.2 Å². The Labute approximate surface area is 256 Å². The summed E-state index contributed by atoms with van der Waals surface area (Å²) >= 11 is 12.2. The Hall–Kier alpha value is -2.77. The third-order valence-electron chi connectivity index (χ3n) is 8.06. The molecule has 3 aliphatic rings. The Balaban J connectivity index is 1.23. The van der Waals surface area contributed by atoms with Crippen LogP contribution in [-0.4, -0.2) is 95.7 Å². The second kappa shape index (κ2) is 12.7. The summed E-state index contributed by atoms with van der Waals surface area (Å²) in [6, 6.07) is 7.61. The fourth-order valence-electron chi connectivity index (χ4n) is 5.75. The molecule has 2 aromatic rings. The second-order valence-electron chi connectivity index (χ2n) is 11.2. The van der Waals surface area contributed by atoms with Gasteiger partial charge in [-0.3, -0.25) is 4.79 Å². The van der Waals surface area contributed by atoms with E-state index in [0.29, 0.717) is 31.1 Å². The minimum atomic E-state index is -5.27. The summed E-state index contributed by atoms with van der Waals surface area (Å²) in [6.45, 7) is 1.79. The number of carbonyl (C=O) groups excluding carboxylic acids is 2. The number of halogens is 5. The van der Waals surface area contributed by atoms with Crippen molar-refractivity contribution in [2.75, 3.05) is 45.9 Å². The van der Waals surface area contributed by atoms with Crippen LogP contribution < -0.4 is 14.2 Å². The highest BCUT2D eigenvalue weighted by Gasteiger charge is 2.43. The van der Waals surface area contributed by atoms with Gasteiger partial charge < -0.3 is 34.2 Å². The quantitative estimate of drug-likeness (QED) is 0.326. The molecule has 43 heavy (non-hydrogen) atoms. The molecule has 3 aliphatic heterocycles. The maximum Gasteiger partial charge on any atom is 0.491 e. The van der Waals surface area contributed by atoms with Crippen LogP contribution in [0.3, 0.4) is 0 Å². The summed E-state index contributed by atoms with van der Waals surface area (Å²) in [4.78, 5) is 28.3. The number of likely N-dealkylation sites (tertiary alicyclic amines) is 2. The number of esters is 1. The van der Waals surface area contributed by atoms with Crippen LogP contribution in [-0.2, 0) is 11.2 Å². The molecule has 234 valence electrons. The van der Waals surface area contributed by atoms with E-state index in [1.807, 2.05) is 12.1 Å². The van der Waals surface area contributed by atoms with Crippen LogP contribution in [0.15, 0.2) is 30.3 Å². The first-order valence-corrected chi connectivity index (χ1v) is 14.6. The maximum absolute atomic E-state index is 13.3. The van der Waals surface area contributed by atoms with Crippen molar-refractivity contribution in [1.82, 2.24) is 9.80 Å². The number of piperidine rings is 1. The van der Waals surface area contributed by atoms with Crippen molar-refractivity contribution in [3.63, 3.8) is 0 Å². The first kappa shape index (κ1) is 31.6. The Morgan fingerprint density at radius 1 is 1.12 bits per heavy atom. The number of fused-ring (bicyclic) bond motifs is 1. The van der Waals surface area contributed by atoms with E-state index < -0.39 is 34.9 Å². The molecule has 9 nitrogen and oxygen atoms in total. The van der Waals surface area contributed by atoms with Crippen LogP contribution in [0.25, 0.3) is 0 Å². The molecular weight excluding hydrogens is 616 g/mol. The fourth-order valence-corrected chi connectivity index (χ4v) is 6.15. The number of benzene rings is 2. The summed E-state index contributed by atoms with van der Waals surface area (Å²) in [5.74, 6) is -3.11. The number of alkyl halides is 3. The molecule has 0 bridgehead atoms. The van der Waals surface area contributed by atoms with E-state index in [1.165, 1.54) is 4.90 Å². The molecule has 2 fully saturated rings. The van der Waals surface area contributed by atoms with Crippen molar-refractivity contribution < 1.29 is 47.2 Å². The third-order valence-corrected chi connectivity index (χ3v) is 8.59. The number of ether oxygens (including phenoxy) is 3. The van der Waals surface area contributed by atoms with Crippen molar-refractivity contribution in [3.8, 4) is 17.2 Å². The Morgan fingerprint density at radius 3 is 2.53 bits per heavy atom. The van der Waals surface area contributed by atoms with E-state index in [0.717, 1.165) is 42.7 Å². The van der Waals surface area contributed by atoms with Gasteiger partial charge in [-0.1, -0.05) is 23.2 Å². The lowest BCUT2D eigenvalue weighted by Crippen LogP contribution is -2.49. The van der Waals surface area contributed by atoms with Gasteiger partial charge in [0.1, 0.15) is 29.8 Å². The highest BCUT2D eigenvalue weighted by Crippen LogP contribution is 2.42. The zero-order chi connectivity index (χ0) is 30.9. The first-order chi connectivity index (χ1) is 20.4. The molecule has 0 unspecified atom stereocenters. The van der Waals surface area contributed by atoms with E-state index in [-0.39, 0.29) is 49.1 Å². The number of hydrogen-bond donors (Lipinski definition) is 2. The van der Waals surface area contributed by atoms with Crippen LogP contribution in [0, 0.1) is 5.92 Å². The van der Waals surface area contributed by atoms with Crippen molar-refractivity contribution in [1.29, 1.82) is 0 Å². The molecule has 2 aromatic carbocycles. The normalized spacial score (nSPS) is 20.5. The van der Waals surface area contributed by atoms with E-state index in [9.17, 15) is 33.0 Å². The largest absolute Gasteiger partial charge is 0.491 e. The summed E-state index contributed by atoms with van der Waals surface area (Å²) < 4.78 is 54.9. The summed E-state index contributed by atoms with van der Waals surface area (Å²) in [6.07, 6.45) is -3.47. The topological polar surface area (TPSA) is 109 Å². The van der Waals surface area contributed by atoms with Crippen molar-refractivity contribution in [2.24, 2.45) is 5.92 Å². The number of aliphatic hydroxyl groups excluding tert-OH is 2. The first-order valence-electron chi connectivity index (χ1n) is 13.9. The summed E-state index contributed by atoms with van der Waals surface area (Å²) in [5.41, 5.74) is 0.683. The molecule has 14 heteroatoms. The van der Waals surface area contributed by atoms with Crippen molar-refractivity contribution in [3.05, 3.63) is 51.5 Å². The van der Waals surface area contributed by atoms with Gasteiger partial charge in [0.05, 0.1) is 10.6 Å². The Kier molecular flexibility index (Phi) is 9.34. The number of carbonyl (C=O) groups is 2. The second-order valence-corrected chi connectivity index (χ2v) is 12.1. The predicted octanol–water partition coefficient (Wildman–Crippen LogP) is 4.12. The number of amides is 1. The molecular formula is C29H31Cl2F3N2O7. The molecule has 3 heterocycles. The number of hydrogen-bond acceptors (Lipinski definition) is 8. The number of rotatable bonds is 8. The van der Waals surface area contributed by atoms with Gasteiger partial charge >= 0.3 is 12.1 Å². The molecule has 2 atom stereocenters. The van der Waals surface area contributed by atoms with Crippen molar-refractivity contribution in [2.45, 2.75) is 43.6 Å². The van der Waals surface area contributed by atoms with Gasteiger partial charge in [-0.15, -0.1) is 0 Å². The minimum Gasteiger partial charge on any atom is -0.490 e. The molecule has 5 rings (SSSR count). The Bertz CT molecular complexity index is 1370. The summed E-state index contributed by atoms with van der Waals surface area (Å²) in [5, 5.41) is 20.5. The van der Waals surface area contributed by atoms with E-state index in [2.05, 4.69) is 9.64 Å². The van der Waals surface area contributed by atoms with Gasteiger partial charge in [0.15, 0.2) is 5.75 Å². The third kappa shape index (κ3) is 7.31. The smallest absolute Gasteiger partial charge is 0.490 e. The van der Waals surface area contributed by atoms with Gasteiger partial charge in [0.2, 0.25) is 0 Å². The highest BCUT2D eigenvalue weighted by atomic mass is 35.5. The molecule has 1 spiro atoms. The maximum atomic E-state index is 13.3. The SMILES string of the molecule is O=C(c1cc(Cl)c(OC(=O)C(F)(F)F)cc1OC[C@@H](O)CN1CCC2(CC1)Cc1cc(Cl)ccc1O2)N1CC[C@H](CO)C1. The van der Waals surface area contributed by atoms with Crippen LogP contribution in [0.1, 0.15) is 35.2 Å². The lowest BCUT2D eigenvalue weighted by molar-refractivity contribution is -0.189. The van der Waals surface area contributed by atoms with E-state index in [1.54, 1.807) is 6.07 Å². The van der Waals surface area contributed by atoms with Crippen LogP contribution >= 0.6 is 23.2 Å². The van der Waals surface area contributed by atoms with Gasteiger partial charge in [-0.25, -0.2) is 4.79 Å². The molecule has 2 N–H and O–H groups in total. The molecule has 0 saturated carbocycles. The molecule has 1 amide bonds. The standard InChI is InChI=1S/C29H31Cl2F3N2O7/c30-19-1-2-23-18(9-19)12-28(43-23)4-7-35(8-5-28)14-20(38)16-41-24-11-25(42-27(40)29(32,33)34)22(31)10-21(24)26(39)36-6-3-17(13-36)15-37/h1-2,9-11,17,20,37-38H,3-8,12-16H2/t17-,20-/m0/s1. The average molecular weight is 647 g/mol. The molecule has 2 saturated heterocycles. The highest BCUT2D eigenvalue weighted by molar-refractivity contribution is 6.32. The van der Waals surface area contributed by atoms with Gasteiger partial charge in [-0.05, 0) is 36.2 Å². The van der Waals surface area contributed by atoms with E-state index >= 15 is 0 Å². The van der Waals surface area contributed by atoms with Crippen LogP contribution in [0.2, 0.25) is 10.0 Å². The number of nitrogens with zero attached hydrogens (tertiary/aromatic N) is 2.